The van der Waals surface area contributed by atoms with Gasteiger partial charge in [-0.3, -0.25) is 23.6 Å². The molecule has 2 heterocycles. The number of rotatable bonds is 3. The molecule has 9 heteroatoms. The molecule has 1 aliphatic heterocycles. The molecule has 1 unspecified atom stereocenters. The van der Waals surface area contributed by atoms with E-state index in [0.717, 1.165) is 31.7 Å². The van der Waals surface area contributed by atoms with Crippen LogP contribution in [0.4, 0.5) is 10.6 Å². The van der Waals surface area contributed by atoms with Gasteiger partial charge < -0.3 is 9.84 Å². The fourth-order valence-corrected chi connectivity index (χ4v) is 5.04. The summed E-state index contributed by atoms with van der Waals surface area (Å²) < 4.78 is 7.81. The van der Waals surface area contributed by atoms with Crippen molar-refractivity contribution in [3.8, 4) is 11.1 Å². The van der Waals surface area contributed by atoms with Crippen LogP contribution in [0.5, 0.6) is 0 Å². The number of anilines is 1. The summed E-state index contributed by atoms with van der Waals surface area (Å²) in [5.74, 6) is -2.21. The van der Waals surface area contributed by atoms with E-state index in [1.807, 2.05) is 48.5 Å². The summed E-state index contributed by atoms with van der Waals surface area (Å²) in [6.45, 7) is -0.158. The molecule has 5 rings (SSSR count). The van der Waals surface area contributed by atoms with Crippen molar-refractivity contribution < 1.29 is 19.4 Å². The number of carboxylic acids is 1. The number of hydrogen-bond acceptors (Lipinski definition) is 5. The predicted molar refractivity (Wildman–Crippen MR) is 124 cm³/mol. The molecular weight excluding hydrogens is 438 g/mol. The van der Waals surface area contributed by atoms with E-state index in [-0.39, 0.29) is 36.9 Å². The fourth-order valence-electron chi connectivity index (χ4n) is 5.04. The third-order valence-electron chi connectivity index (χ3n) is 6.74. The zero-order chi connectivity index (χ0) is 24.1. The van der Waals surface area contributed by atoms with E-state index < -0.39 is 29.2 Å². The molecular formula is C25H23N3O6. The van der Waals surface area contributed by atoms with Gasteiger partial charge in [0, 0.05) is 26.6 Å². The van der Waals surface area contributed by atoms with Gasteiger partial charge in [-0.1, -0.05) is 48.5 Å². The molecule has 0 saturated carbocycles. The summed E-state index contributed by atoms with van der Waals surface area (Å²) in [6, 6.07) is 15.8. The fraction of sp³-hybridized carbons (Fsp3) is 0.280. The van der Waals surface area contributed by atoms with Gasteiger partial charge in [-0.25, -0.2) is 9.59 Å². The second-order valence-electron chi connectivity index (χ2n) is 8.66. The summed E-state index contributed by atoms with van der Waals surface area (Å²) in [6.07, 6.45) is -0.865. The molecule has 0 bridgehead atoms. The Hall–Kier alpha value is -4.14. The van der Waals surface area contributed by atoms with E-state index in [1.165, 1.54) is 18.7 Å². The summed E-state index contributed by atoms with van der Waals surface area (Å²) in [4.78, 5) is 51.4. The number of hydrogen-bond donors (Lipinski definition) is 1. The summed E-state index contributed by atoms with van der Waals surface area (Å²) in [5.41, 5.74) is 3.14. The second-order valence-corrected chi connectivity index (χ2v) is 8.66. The van der Waals surface area contributed by atoms with Crippen LogP contribution in [0, 0.1) is 5.92 Å². The number of nitrogens with zero attached hydrogens (tertiary/aromatic N) is 3. The van der Waals surface area contributed by atoms with Crippen molar-refractivity contribution in [2.45, 2.75) is 12.3 Å². The minimum absolute atomic E-state index is 0.0369. The lowest BCUT2D eigenvalue weighted by Crippen LogP contribution is -2.51. The van der Waals surface area contributed by atoms with E-state index in [1.54, 1.807) is 0 Å². The number of aliphatic carboxylic acids is 1. The SMILES string of the molecule is Cn1c2c(c(=O)n(C)c1=O)CC(C(=O)O)CN2C(=O)OCC1c2ccccc2-c2ccccc21. The van der Waals surface area contributed by atoms with Crippen LogP contribution in [0.3, 0.4) is 0 Å². The van der Waals surface area contributed by atoms with Gasteiger partial charge >= 0.3 is 17.8 Å². The Labute approximate surface area is 194 Å². The molecule has 9 nitrogen and oxygen atoms in total. The zero-order valence-corrected chi connectivity index (χ0v) is 18.7. The van der Waals surface area contributed by atoms with Gasteiger partial charge in [-0.2, -0.15) is 0 Å². The quantitative estimate of drug-likeness (QED) is 0.640. The Bertz CT molecular complexity index is 1410. The number of aromatic nitrogens is 2. The molecule has 0 saturated heterocycles. The highest BCUT2D eigenvalue weighted by atomic mass is 16.6. The molecule has 34 heavy (non-hydrogen) atoms. The number of fused-ring (bicyclic) bond motifs is 4. The molecule has 1 N–H and O–H groups in total. The molecule has 0 spiro atoms. The average molecular weight is 461 g/mol. The lowest BCUT2D eigenvalue weighted by Gasteiger charge is -2.33. The van der Waals surface area contributed by atoms with Gasteiger partial charge in [0.25, 0.3) is 5.56 Å². The number of amides is 1. The highest BCUT2D eigenvalue weighted by molar-refractivity contribution is 5.90. The highest BCUT2D eigenvalue weighted by Gasteiger charge is 2.38. The monoisotopic (exact) mass is 461 g/mol. The van der Waals surface area contributed by atoms with Gasteiger partial charge in [0.2, 0.25) is 0 Å². The lowest BCUT2D eigenvalue weighted by atomic mass is 9.95. The highest BCUT2D eigenvalue weighted by Crippen LogP contribution is 2.44. The molecule has 2 aliphatic rings. The Balaban J connectivity index is 1.49. The molecule has 2 aromatic carbocycles. The lowest BCUT2D eigenvalue weighted by molar-refractivity contribution is -0.141. The molecule has 0 fully saturated rings. The minimum atomic E-state index is -1.13. The van der Waals surface area contributed by atoms with Crippen LogP contribution in [0.2, 0.25) is 0 Å². The first-order valence-corrected chi connectivity index (χ1v) is 10.9. The number of carbonyl (C=O) groups excluding carboxylic acids is 1. The third-order valence-corrected chi connectivity index (χ3v) is 6.74. The molecule has 1 aliphatic carbocycles. The Kier molecular flexibility index (Phi) is 5.11. The summed E-state index contributed by atoms with van der Waals surface area (Å²) >= 11 is 0. The average Bonchev–Trinajstić information content (AvgIpc) is 3.17. The van der Waals surface area contributed by atoms with E-state index in [9.17, 15) is 24.3 Å². The van der Waals surface area contributed by atoms with Crippen LogP contribution >= 0.6 is 0 Å². The van der Waals surface area contributed by atoms with Crippen LogP contribution in [0.25, 0.3) is 11.1 Å². The van der Waals surface area contributed by atoms with Gasteiger partial charge in [0.15, 0.2) is 0 Å². The molecule has 1 atom stereocenters. The molecule has 3 aromatic rings. The first-order valence-electron chi connectivity index (χ1n) is 10.9. The van der Waals surface area contributed by atoms with Crippen molar-refractivity contribution in [2.75, 3.05) is 18.1 Å². The van der Waals surface area contributed by atoms with Crippen LogP contribution in [-0.4, -0.2) is 39.5 Å². The molecule has 1 aromatic heterocycles. The third kappa shape index (κ3) is 3.23. The zero-order valence-electron chi connectivity index (χ0n) is 18.7. The van der Waals surface area contributed by atoms with E-state index >= 15 is 0 Å². The van der Waals surface area contributed by atoms with Crippen molar-refractivity contribution >= 4 is 17.9 Å². The van der Waals surface area contributed by atoms with Crippen molar-refractivity contribution in [1.29, 1.82) is 0 Å². The van der Waals surface area contributed by atoms with Crippen molar-refractivity contribution in [1.82, 2.24) is 9.13 Å². The number of ether oxygens (including phenoxy) is 1. The Morgan fingerprint density at radius 2 is 1.56 bits per heavy atom. The van der Waals surface area contributed by atoms with Crippen LogP contribution < -0.4 is 16.1 Å². The smallest absolute Gasteiger partial charge is 0.415 e. The van der Waals surface area contributed by atoms with Gasteiger partial charge in [-0.15, -0.1) is 0 Å². The van der Waals surface area contributed by atoms with E-state index in [4.69, 9.17) is 4.74 Å². The summed E-state index contributed by atoms with van der Waals surface area (Å²) in [7, 11) is 2.78. The molecule has 1 amide bonds. The van der Waals surface area contributed by atoms with E-state index in [0.29, 0.717) is 0 Å². The van der Waals surface area contributed by atoms with Crippen LogP contribution in [0.15, 0.2) is 58.1 Å². The molecule has 174 valence electrons. The first kappa shape index (κ1) is 21.7. The number of carbonyl (C=O) groups is 2. The Morgan fingerprint density at radius 3 is 2.15 bits per heavy atom. The maximum absolute atomic E-state index is 13.3. The van der Waals surface area contributed by atoms with Crippen LogP contribution in [0.1, 0.15) is 22.6 Å². The van der Waals surface area contributed by atoms with Crippen LogP contribution in [-0.2, 0) is 30.0 Å². The molecule has 0 radical (unpaired) electrons. The van der Waals surface area contributed by atoms with Crippen molar-refractivity contribution in [3.05, 3.63) is 86.1 Å². The predicted octanol–water partition coefficient (Wildman–Crippen LogP) is 2.10. The summed E-state index contributed by atoms with van der Waals surface area (Å²) in [5, 5.41) is 9.61. The minimum Gasteiger partial charge on any atom is -0.481 e. The van der Waals surface area contributed by atoms with Crippen molar-refractivity contribution in [3.63, 3.8) is 0 Å². The standard InChI is InChI=1S/C25H23N3O6/c1-26-21-19(22(29)27(2)24(26)32)11-14(23(30)31)12-28(21)25(33)34-13-20-17-9-5-3-7-15(17)16-8-4-6-10-18(16)20/h3-10,14,20H,11-13H2,1-2H3,(H,30,31). The van der Waals surface area contributed by atoms with E-state index in [2.05, 4.69) is 0 Å². The number of carboxylic acid groups (broad SMARTS) is 1. The van der Waals surface area contributed by atoms with Crippen molar-refractivity contribution in [2.24, 2.45) is 20.0 Å². The topological polar surface area (TPSA) is 111 Å². The first-order chi connectivity index (χ1) is 16.3. The van der Waals surface area contributed by atoms with Gasteiger partial charge in [0.1, 0.15) is 12.4 Å². The normalized spacial score (nSPS) is 16.5. The maximum Gasteiger partial charge on any atom is 0.415 e. The van der Waals surface area contributed by atoms with Gasteiger partial charge in [-0.05, 0) is 28.7 Å². The van der Waals surface area contributed by atoms with Gasteiger partial charge in [0.05, 0.1) is 11.5 Å². The maximum atomic E-state index is 13.3. The largest absolute Gasteiger partial charge is 0.481 e. The Morgan fingerprint density at radius 1 is 0.971 bits per heavy atom. The number of benzene rings is 2. The second kappa shape index (κ2) is 8.02.